The van der Waals surface area contributed by atoms with Crippen molar-refractivity contribution < 1.29 is 22.7 Å². The van der Waals surface area contributed by atoms with Gasteiger partial charge in [-0.15, -0.1) is 10.2 Å². The van der Waals surface area contributed by atoms with Crippen LogP contribution in [0.15, 0.2) is 28.4 Å². The van der Waals surface area contributed by atoms with Crippen LogP contribution < -0.4 is 0 Å². The van der Waals surface area contributed by atoms with Gasteiger partial charge in [-0.2, -0.15) is 0 Å². The van der Waals surface area contributed by atoms with Crippen LogP contribution in [0.25, 0.3) is 10.9 Å². The van der Waals surface area contributed by atoms with E-state index >= 15 is 0 Å². The fourth-order valence-corrected chi connectivity index (χ4v) is 4.53. The Balaban J connectivity index is 1.76. The van der Waals surface area contributed by atoms with Gasteiger partial charge in [0.05, 0.1) is 17.0 Å². The number of aromatic hydroxyl groups is 1. The number of halogens is 1. The third-order valence-electron chi connectivity index (χ3n) is 3.77. The number of azo groups is 1. The number of rotatable bonds is 3. The van der Waals surface area contributed by atoms with Crippen LogP contribution in [0.3, 0.4) is 0 Å². The summed E-state index contributed by atoms with van der Waals surface area (Å²) in [7, 11) is -3.05. The van der Waals surface area contributed by atoms with E-state index in [0.29, 0.717) is 17.3 Å². The number of hydrogen-bond acceptors (Lipinski definition) is 5. The van der Waals surface area contributed by atoms with Crippen molar-refractivity contribution in [3.8, 4) is 5.88 Å². The summed E-state index contributed by atoms with van der Waals surface area (Å²) in [5.41, 5.74) is 0.444. The van der Waals surface area contributed by atoms with Crippen molar-refractivity contribution in [1.29, 1.82) is 0 Å². The highest BCUT2D eigenvalue weighted by molar-refractivity contribution is 7.91. The van der Waals surface area contributed by atoms with Crippen molar-refractivity contribution in [1.82, 2.24) is 4.98 Å². The molecule has 2 heterocycles. The van der Waals surface area contributed by atoms with Crippen molar-refractivity contribution >= 4 is 32.3 Å². The van der Waals surface area contributed by atoms with Crippen molar-refractivity contribution in [3.05, 3.63) is 24.0 Å². The maximum atomic E-state index is 13.3. The summed E-state index contributed by atoms with van der Waals surface area (Å²) in [4.78, 5) is 14.4. The highest BCUT2D eigenvalue weighted by atomic mass is 32.2. The van der Waals surface area contributed by atoms with Gasteiger partial charge in [-0.05, 0) is 30.5 Å². The Morgan fingerprint density at radius 2 is 2.22 bits per heavy atom. The number of sulfone groups is 1. The topological polar surface area (TPSA) is 112 Å². The maximum Gasteiger partial charge on any atom is 0.265 e. The van der Waals surface area contributed by atoms with Gasteiger partial charge >= 0.3 is 0 Å². The van der Waals surface area contributed by atoms with Gasteiger partial charge in [0, 0.05) is 11.8 Å². The lowest BCUT2D eigenvalue weighted by molar-refractivity contribution is -0.119. The zero-order valence-electron chi connectivity index (χ0n) is 12.0. The molecule has 3 rings (SSSR count). The Bertz CT molecular complexity index is 904. The van der Waals surface area contributed by atoms with E-state index in [-0.39, 0.29) is 35.4 Å². The monoisotopic (exact) mass is 339 g/mol. The van der Waals surface area contributed by atoms with Crippen LogP contribution in [-0.2, 0) is 14.6 Å². The molecule has 0 bridgehead atoms. The molecule has 0 radical (unpaired) electrons. The minimum Gasteiger partial charge on any atom is -0.493 e. The smallest absolute Gasteiger partial charge is 0.265 e. The third-order valence-corrected chi connectivity index (χ3v) is 5.60. The van der Waals surface area contributed by atoms with Gasteiger partial charge < -0.3 is 10.1 Å². The van der Waals surface area contributed by atoms with E-state index in [2.05, 4.69) is 15.2 Å². The molecule has 0 unspecified atom stereocenters. The van der Waals surface area contributed by atoms with Crippen LogP contribution in [0, 0.1) is 11.7 Å². The highest BCUT2D eigenvalue weighted by Crippen LogP contribution is 2.35. The number of hydrogen-bond donors (Lipinski definition) is 2. The van der Waals surface area contributed by atoms with Gasteiger partial charge in [0.2, 0.25) is 5.88 Å². The summed E-state index contributed by atoms with van der Waals surface area (Å²) in [5, 5.41) is 17.3. The summed E-state index contributed by atoms with van der Waals surface area (Å²) in [5.74, 6) is -1.57. The molecule has 23 heavy (non-hydrogen) atoms. The minimum atomic E-state index is -3.05. The van der Waals surface area contributed by atoms with Gasteiger partial charge in [-0.25, -0.2) is 12.8 Å². The standard InChI is InChI=1S/C14H14FN3O4S/c15-9-1-2-11-10(6-9)13(14(20)16-11)18-17-12(19)5-8-3-4-23(21,22)7-8/h1-2,6,8,16,20H,3-5,7H2/t8-/m1/s1. The van der Waals surface area contributed by atoms with Crippen molar-refractivity contribution in [2.75, 3.05) is 11.5 Å². The molecular formula is C14H14FN3O4S. The Labute approximate surface area is 131 Å². The molecule has 2 N–H and O–H groups in total. The number of fused-ring (bicyclic) bond motifs is 1. The van der Waals surface area contributed by atoms with Crippen LogP contribution in [0.1, 0.15) is 12.8 Å². The van der Waals surface area contributed by atoms with Gasteiger partial charge in [-0.3, -0.25) is 4.79 Å². The molecule has 0 spiro atoms. The zero-order chi connectivity index (χ0) is 16.6. The maximum absolute atomic E-state index is 13.3. The molecule has 122 valence electrons. The number of aromatic amines is 1. The normalized spacial score (nSPS) is 20.5. The van der Waals surface area contributed by atoms with Crippen LogP contribution in [0.5, 0.6) is 5.88 Å². The van der Waals surface area contributed by atoms with E-state index in [9.17, 15) is 22.7 Å². The van der Waals surface area contributed by atoms with Gasteiger partial charge in [-0.1, -0.05) is 0 Å². The summed E-state index contributed by atoms with van der Waals surface area (Å²) in [6, 6.07) is 3.84. The van der Waals surface area contributed by atoms with Crippen LogP contribution >= 0.6 is 0 Å². The van der Waals surface area contributed by atoms with E-state index in [1.165, 1.54) is 18.2 Å². The average Bonchev–Trinajstić information content (AvgIpc) is 2.95. The molecule has 2 aromatic rings. The van der Waals surface area contributed by atoms with Gasteiger partial charge in [0.1, 0.15) is 5.82 Å². The fourth-order valence-electron chi connectivity index (χ4n) is 2.66. The number of nitrogens with one attached hydrogen (secondary N) is 1. The SMILES string of the molecule is O=C(C[C@H]1CCS(=O)(=O)C1)N=Nc1c(O)[nH]c2ccc(F)cc12. The molecule has 0 saturated carbocycles. The van der Waals surface area contributed by atoms with Crippen molar-refractivity contribution in [2.45, 2.75) is 12.8 Å². The summed E-state index contributed by atoms with van der Waals surface area (Å²) in [6.07, 6.45) is 0.424. The number of H-pyrrole nitrogens is 1. The molecule has 1 amide bonds. The molecule has 9 heteroatoms. The molecule has 7 nitrogen and oxygen atoms in total. The lowest BCUT2D eigenvalue weighted by Gasteiger charge is -2.01. The summed E-state index contributed by atoms with van der Waals surface area (Å²) in [6.45, 7) is 0. The fraction of sp³-hybridized carbons (Fsp3) is 0.357. The van der Waals surface area contributed by atoms with Gasteiger partial charge in [0.25, 0.3) is 5.91 Å². The molecule has 1 aliphatic rings. The predicted octanol–water partition coefficient (Wildman–Crippen LogP) is 2.45. The first-order chi connectivity index (χ1) is 10.8. The molecule has 1 atom stereocenters. The first-order valence-electron chi connectivity index (χ1n) is 6.99. The molecule has 1 fully saturated rings. The van der Waals surface area contributed by atoms with Crippen LogP contribution in [0.4, 0.5) is 10.1 Å². The first-order valence-corrected chi connectivity index (χ1v) is 8.81. The zero-order valence-corrected chi connectivity index (χ0v) is 12.8. The minimum absolute atomic E-state index is 0.0137. The Hall–Kier alpha value is -2.29. The van der Waals surface area contributed by atoms with E-state index in [1.807, 2.05) is 0 Å². The second-order valence-electron chi connectivity index (χ2n) is 5.58. The lowest BCUT2D eigenvalue weighted by atomic mass is 10.1. The van der Waals surface area contributed by atoms with E-state index < -0.39 is 21.6 Å². The average molecular weight is 339 g/mol. The molecule has 1 aliphatic heterocycles. The van der Waals surface area contributed by atoms with Crippen molar-refractivity contribution in [2.24, 2.45) is 16.1 Å². The second kappa shape index (κ2) is 5.73. The molecular weight excluding hydrogens is 325 g/mol. The summed E-state index contributed by atoms with van der Waals surface area (Å²) >= 11 is 0. The van der Waals surface area contributed by atoms with Gasteiger partial charge in [0.15, 0.2) is 15.5 Å². The van der Waals surface area contributed by atoms with E-state index in [1.54, 1.807) is 0 Å². The molecule has 1 aromatic carbocycles. The Morgan fingerprint density at radius 3 is 2.91 bits per heavy atom. The number of carbonyl (C=O) groups excluding carboxylic acids is 1. The Morgan fingerprint density at radius 1 is 1.43 bits per heavy atom. The number of benzene rings is 1. The third kappa shape index (κ3) is 3.39. The molecule has 1 saturated heterocycles. The van der Waals surface area contributed by atoms with Crippen LogP contribution in [0.2, 0.25) is 0 Å². The largest absolute Gasteiger partial charge is 0.493 e. The Kier molecular flexibility index (Phi) is 3.88. The number of carbonyl (C=O) groups is 1. The van der Waals surface area contributed by atoms with Crippen LogP contribution in [-0.4, -0.2) is 35.9 Å². The molecule has 1 aromatic heterocycles. The summed E-state index contributed by atoms with van der Waals surface area (Å²) < 4.78 is 36.0. The lowest BCUT2D eigenvalue weighted by Crippen LogP contribution is -2.08. The molecule has 0 aliphatic carbocycles. The number of aromatic nitrogens is 1. The number of amides is 1. The number of nitrogens with zero attached hydrogens (tertiary/aromatic N) is 2. The van der Waals surface area contributed by atoms with Crippen molar-refractivity contribution in [3.63, 3.8) is 0 Å². The quantitative estimate of drug-likeness (QED) is 0.836. The van der Waals surface area contributed by atoms with E-state index in [4.69, 9.17) is 0 Å². The second-order valence-corrected chi connectivity index (χ2v) is 7.81. The highest BCUT2D eigenvalue weighted by Gasteiger charge is 2.29. The predicted molar refractivity (Wildman–Crippen MR) is 80.8 cm³/mol. The first kappa shape index (κ1) is 15.6. The van der Waals surface area contributed by atoms with E-state index in [0.717, 1.165) is 0 Å².